The number of carbonyl (C=O) groups is 2. The molecule has 0 saturated carbocycles. The first-order valence-corrected chi connectivity index (χ1v) is 8.97. The minimum atomic E-state index is -0.522. The number of amides is 2. The first kappa shape index (κ1) is 16.8. The highest BCUT2D eigenvalue weighted by Crippen LogP contribution is 2.23. The quantitative estimate of drug-likeness (QED) is 0.846. The van der Waals surface area contributed by atoms with Crippen molar-refractivity contribution in [2.24, 2.45) is 0 Å². The van der Waals surface area contributed by atoms with Gasteiger partial charge in [-0.2, -0.15) is 5.10 Å². The first-order chi connectivity index (χ1) is 12.6. The molecule has 0 N–H and O–H groups in total. The fourth-order valence-corrected chi connectivity index (χ4v) is 3.79. The maximum absolute atomic E-state index is 14.2. The number of aromatic nitrogens is 2. The van der Waals surface area contributed by atoms with Crippen molar-refractivity contribution in [1.29, 1.82) is 0 Å². The maximum atomic E-state index is 14.2. The number of aryl methyl sites for hydroxylation is 1. The van der Waals surface area contributed by atoms with Crippen LogP contribution in [0, 0.1) is 5.82 Å². The minimum Gasteiger partial charge on any atom is -0.341 e. The van der Waals surface area contributed by atoms with Crippen LogP contribution in [0.15, 0.2) is 36.5 Å². The second-order valence-corrected chi connectivity index (χ2v) is 6.84. The first-order valence-electron chi connectivity index (χ1n) is 8.97. The second kappa shape index (κ2) is 6.90. The molecule has 0 spiro atoms. The maximum Gasteiger partial charge on any atom is 0.257 e. The summed E-state index contributed by atoms with van der Waals surface area (Å²) in [5.41, 5.74) is 0.989. The molecule has 2 aromatic rings. The Balaban J connectivity index is 1.64. The van der Waals surface area contributed by atoms with E-state index in [4.69, 9.17) is 0 Å². The van der Waals surface area contributed by atoms with Crippen LogP contribution in [0.1, 0.15) is 35.3 Å². The Morgan fingerprint density at radius 1 is 1.23 bits per heavy atom. The summed E-state index contributed by atoms with van der Waals surface area (Å²) in [6.45, 7) is 2.25. The van der Waals surface area contributed by atoms with E-state index in [1.165, 1.54) is 12.1 Å². The molecule has 2 aliphatic rings. The number of likely N-dealkylation sites (tertiary alicyclic amines) is 1. The number of hydrogen-bond acceptors (Lipinski definition) is 3. The zero-order chi connectivity index (χ0) is 18.1. The third kappa shape index (κ3) is 3.09. The molecular weight excluding hydrogens is 335 g/mol. The number of rotatable bonds is 3. The van der Waals surface area contributed by atoms with Crippen molar-refractivity contribution in [3.05, 3.63) is 53.6 Å². The van der Waals surface area contributed by atoms with Gasteiger partial charge in [0, 0.05) is 32.3 Å². The molecule has 1 fully saturated rings. The average molecular weight is 356 g/mol. The van der Waals surface area contributed by atoms with Crippen LogP contribution in [0.25, 0.3) is 0 Å². The summed E-state index contributed by atoms with van der Waals surface area (Å²) >= 11 is 0. The zero-order valence-electron chi connectivity index (χ0n) is 14.5. The lowest BCUT2D eigenvalue weighted by Crippen LogP contribution is -2.46. The molecule has 2 aliphatic heterocycles. The van der Waals surface area contributed by atoms with Gasteiger partial charge in [-0.3, -0.25) is 14.3 Å². The molecule has 3 heterocycles. The Bertz CT molecular complexity index is 834. The molecule has 2 amide bonds. The Hall–Kier alpha value is -2.70. The highest BCUT2D eigenvalue weighted by atomic mass is 19.1. The van der Waals surface area contributed by atoms with Gasteiger partial charge in [-0.1, -0.05) is 12.1 Å². The lowest BCUT2D eigenvalue weighted by atomic mass is 10.1. The molecule has 0 radical (unpaired) electrons. The van der Waals surface area contributed by atoms with E-state index >= 15 is 0 Å². The normalized spacial score (nSPS) is 20.2. The van der Waals surface area contributed by atoms with Crippen molar-refractivity contribution in [1.82, 2.24) is 19.6 Å². The van der Waals surface area contributed by atoms with E-state index in [-0.39, 0.29) is 23.4 Å². The third-order valence-corrected chi connectivity index (χ3v) is 5.22. The van der Waals surface area contributed by atoms with Crippen molar-refractivity contribution >= 4 is 11.8 Å². The Labute approximate surface area is 151 Å². The van der Waals surface area contributed by atoms with Gasteiger partial charge in [0.1, 0.15) is 5.82 Å². The average Bonchev–Trinajstić information content (AvgIpc) is 3.21. The van der Waals surface area contributed by atoms with E-state index in [1.54, 1.807) is 23.2 Å². The molecular formula is C19H21FN4O2. The predicted molar refractivity (Wildman–Crippen MR) is 92.7 cm³/mol. The van der Waals surface area contributed by atoms with E-state index < -0.39 is 5.82 Å². The monoisotopic (exact) mass is 356 g/mol. The van der Waals surface area contributed by atoms with Crippen molar-refractivity contribution in [3.8, 4) is 0 Å². The van der Waals surface area contributed by atoms with Crippen molar-refractivity contribution in [2.45, 2.75) is 38.4 Å². The molecule has 0 bridgehead atoms. The highest BCUT2D eigenvalue weighted by Gasteiger charge is 2.33. The van der Waals surface area contributed by atoms with Gasteiger partial charge < -0.3 is 9.80 Å². The molecule has 6 nitrogen and oxygen atoms in total. The summed E-state index contributed by atoms with van der Waals surface area (Å²) in [5.74, 6) is -0.731. The largest absolute Gasteiger partial charge is 0.341 e. The van der Waals surface area contributed by atoms with Crippen molar-refractivity contribution in [3.63, 3.8) is 0 Å². The van der Waals surface area contributed by atoms with Gasteiger partial charge in [0.05, 0.1) is 23.8 Å². The van der Waals surface area contributed by atoms with Crippen LogP contribution in [0.5, 0.6) is 0 Å². The number of hydrogen-bond donors (Lipinski definition) is 0. The summed E-state index contributed by atoms with van der Waals surface area (Å²) in [6.07, 6.45) is 3.81. The number of benzene rings is 1. The van der Waals surface area contributed by atoms with Crippen molar-refractivity contribution in [2.75, 3.05) is 13.1 Å². The molecule has 1 aromatic heterocycles. The summed E-state index contributed by atoms with van der Waals surface area (Å²) in [7, 11) is 0. The van der Waals surface area contributed by atoms with Crippen LogP contribution in [0.3, 0.4) is 0 Å². The van der Waals surface area contributed by atoms with Gasteiger partial charge in [-0.15, -0.1) is 0 Å². The SMILES string of the molecule is O=C1CCCN1C[C@H]1CCn2nccc2CN1C(=O)c1ccccc1F. The fourth-order valence-electron chi connectivity index (χ4n) is 3.79. The zero-order valence-corrected chi connectivity index (χ0v) is 14.5. The summed E-state index contributed by atoms with van der Waals surface area (Å²) in [4.78, 5) is 28.7. The Morgan fingerprint density at radius 2 is 2.08 bits per heavy atom. The fraction of sp³-hybridized carbons (Fsp3) is 0.421. The molecule has 0 unspecified atom stereocenters. The smallest absolute Gasteiger partial charge is 0.257 e. The van der Waals surface area contributed by atoms with E-state index in [1.807, 2.05) is 15.6 Å². The van der Waals surface area contributed by atoms with Crippen molar-refractivity contribution < 1.29 is 14.0 Å². The number of carbonyl (C=O) groups excluding carboxylic acids is 2. The summed E-state index contributed by atoms with van der Waals surface area (Å²) < 4.78 is 16.1. The second-order valence-electron chi connectivity index (χ2n) is 6.84. The third-order valence-electron chi connectivity index (χ3n) is 5.22. The van der Waals surface area contributed by atoms with Gasteiger partial charge in [0.2, 0.25) is 5.91 Å². The van der Waals surface area contributed by atoms with Crippen LogP contribution in [0.2, 0.25) is 0 Å². The standard InChI is InChI=1S/C19H21FN4O2/c20-17-5-2-1-4-16(17)19(26)23-13-15-7-9-21-24(15)11-8-14(23)12-22-10-3-6-18(22)25/h1-2,4-5,7,9,14H,3,6,8,10-13H2/t14-/m1/s1. The molecule has 1 saturated heterocycles. The van der Waals surface area contributed by atoms with Gasteiger partial charge in [0.15, 0.2) is 0 Å². The van der Waals surface area contributed by atoms with Gasteiger partial charge in [-0.05, 0) is 31.0 Å². The highest BCUT2D eigenvalue weighted by molar-refractivity contribution is 5.94. The number of nitrogens with zero attached hydrogens (tertiary/aromatic N) is 4. The van der Waals surface area contributed by atoms with Gasteiger partial charge >= 0.3 is 0 Å². The molecule has 4 rings (SSSR count). The van der Waals surface area contributed by atoms with E-state index in [2.05, 4.69) is 5.10 Å². The van der Waals surface area contributed by atoms with Gasteiger partial charge in [-0.25, -0.2) is 4.39 Å². The Kier molecular flexibility index (Phi) is 4.44. The molecule has 136 valence electrons. The summed E-state index contributed by atoms with van der Waals surface area (Å²) in [6, 6.07) is 7.77. The lowest BCUT2D eigenvalue weighted by molar-refractivity contribution is -0.128. The number of fused-ring (bicyclic) bond motifs is 1. The van der Waals surface area contributed by atoms with Crippen LogP contribution < -0.4 is 0 Å². The molecule has 1 atom stereocenters. The van der Waals surface area contributed by atoms with E-state index in [0.717, 1.165) is 18.7 Å². The van der Waals surface area contributed by atoms with Gasteiger partial charge in [0.25, 0.3) is 5.91 Å². The Morgan fingerprint density at radius 3 is 2.85 bits per heavy atom. The van der Waals surface area contributed by atoms with Crippen LogP contribution >= 0.6 is 0 Å². The predicted octanol–water partition coefficient (Wildman–Crippen LogP) is 2.06. The van der Waals surface area contributed by atoms with Crippen LogP contribution in [0.4, 0.5) is 4.39 Å². The van der Waals surface area contributed by atoms with Crippen LogP contribution in [-0.4, -0.2) is 50.5 Å². The van der Waals surface area contributed by atoms with E-state index in [9.17, 15) is 14.0 Å². The minimum absolute atomic E-state index is 0.0678. The molecule has 1 aromatic carbocycles. The van der Waals surface area contributed by atoms with Crippen LogP contribution in [-0.2, 0) is 17.9 Å². The number of halogens is 1. The molecule has 26 heavy (non-hydrogen) atoms. The summed E-state index contributed by atoms with van der Waals surface area (Å²) in [5, 5.41) is 4.31. The molecule has 0 aliphatic carbocycles. The topological polar surface area (TPSA) is 58.4 Å². The molecule has 7 heteroatoms. The lowest BCUT2D eigenvalue weighted by Gasteiger charge is -2.33. The van der Waals surface area contributed by atoms with E-state index in [0.29, 0.717) is 32.5 Å².